The Hall–Kier alpha value is -1.56. The van der Waals surface area contributed by atoms with Crippen molar-refractivity contribution < 1.29 is 13.6 Å². The van der Waals surface area contributed by atoms with E-state index in [-0.39, 0.29) is 28.7 Å². The van der Waals surface area contributed by atoms with Gasteiger partial charge in [0.25, 0.3) is 0 Å². The van der Waals surface area contributed by atoms with E-state index >= 15 is 0 Å². The largest absolute Gasteiger partial charge is 0.358 e. The molecule has 1 saturated carbocycles. The molecule has 1 aliphatic carbocycles. The smallest absolute Gasteiger partial charge is 0.238 e. The first kappa shape index (κ1) is 13.4. The van der Waals surface area contributed by atoms with Gasteiger partial charge < -0.3 is 5.32 Å². The number of nitrogens with zero attached hydrogens (tertiary/aromatic N) is 1. The highest BCUT2D eigenvalue weighted by Crippen LogP contribution is 2.33. The second-order valence-electron chi connectivity index (χ2n) is 5.19. The topological polar surface area (TPSA) is 32.3 Å². The maximum Gasteiger partial charge on any atom is 0.238 e. The molecule has 2 aliphatic rings. The fourth-order valence-corrected chi connectivity index (χ4v) is 3.34. The van der Waals surface area contributed by atoms with E-state index in [9.17, 15) is 13.6 Å². The first-order valence-electron chi connectivity index (χ1n) is 6.68. The lowest BCUT2D eigenvalue weighted by Crippen LogP contribution is -2.61. The van der Waals surface area contributed by atoms with Gasteiger partial charge in [0.05, 0.1) is 5.92 Å². The summed E-state index contributed by atoms with van der Waals surface area (Å²) in [5, 5.41) is 3.14. The zero-order chi connectivity index (χ0) is 14.3. The molecule has 0 spiro atoms. The van der Waals surface area contributed by atoms with Crippen molar-refractivity contribution in [3.8, 4) is 0 Å². The number of thiocarbonyl (C=S) groups is 1. The van der Waals surface area contributed by atoms with Crippen molar-refractivity contribution in [3.05, 3.63) is 29.8 Å². The Kier molecular flexibility index (Phi) is 3.41. The number of hydrogen-bond donors (Lipinski definition) is 1. The van der Waals surface area contributed by atoms with Crippen LogP contribution in [0.4, 0.5) is 14.5 Å². The molecule has 20 heavy (non-hydrogen) atoms. The molecule has 1 heterocycles. The molecule has 1 aromatic rings. The predicted octanol–water partition coefficient (Wildman–Crippen LogP) is 2.74. The van der Waals surface area contributed by atoms with Crippen molar-refractivity contribution in [2.75, 3.05) is 4.90 Å². The van der Waals surface area contributed by atoms with Gasteiger partial charge in [0.2, 0.25) is 5.91 Å². The van der Waals surface area contributed by atoms with E-state index in [0.29, 0.717) is 0 Å². The third kappa shape index (κ3) is 2.08. The lowest BCUT2D eigenvalue weighted by atomic mass is 9.82. The quantitative estimate of drug-likeness (QED) is 0.809. The molecule has 106 valence electrons. The van der Waals surface area contributed by atoms with Crippen molar-refractivity contribution in [1.29, 1.82) is 0 Å². The lowest BCUT2D eigenvalue weighted by molar-refractivity contribution is -0.123. The number of carbonyl (C=O) groups is 1. The molecule has 1 aromatic carbocycles. The summed E-state index contributed by atoms with van der Waals surface area (Å²) >= 11 is 5.13. The standard InChI is InChI=1S/C14H14F2N2OS/c15-9-5-3-6-10(16)12(9)18-13(19)8-4-1-2-7-11(8)17-14(18)20/h3,5-6,8,11H,1-2,4,7H2,(H,17,20). The number of para-hydroxylation sites is 1. The maximum atomic E-state index is 13.9. The summed E-state index contributed by atoms with van der Waals surface area (Å²) in [5.41, 5.74) is -0.376. The van der Waals surface area contributed by atoms with E-state index in [2.05, 4.69) is 5.32 Å². The van der Waals surface area contributed by atoms with Crippen molar-refractivity contribution in [3.63, 3.8) is 0 Å². The molecule has 2 unspecified atom stereocenters. The number of fused-ring (bicyclic) bond motifs is 1. The first-order valence-corrected chi connectivity index (χ1v) is 7.09. The molecule has 1 saturated heterocycles. The van der Waals surface area contributed by atoms with Crippen LogP contribution in [0.5, 0.6) is 0 Å². The Morgan fingerprint density at radius 1 is 1.20 bits per heavy atom. The molecule has 2 fully saturated rings. The Morgan fingerprint density at radius 2 is 1.85 bits per heavy atom. The minimum absolute atomic E-state index is 0.00478. The van der Waals surface area contributed by atoms with Crippen LogP contribution in [0.3, 0.4) is 0 Å². The molecule has 1 aliphatic heterocycles. The molecule has 0 radical (unpaired) electrons. The summed E-state index contributed by atoms with van der Waals surface area (Å²) < 4.78 is 27.8. The lowest BCUT2D eigenvalue weighted by Gasteiger charge is -2.41. The molecule has 1 N–H and O–H groups in total. The SMILES string of the molecule is O=C1C2CCCCC2NC(=S)N1c1c(F)cccc1F. The van der Waals surface area contributed by atoms with E-state index in [0.717, 1.165) is 42.7 Å². The van der Waals surface area contributed by atoms with Gasteiger partial charge in [-0.15, -0.1) is 0 Å². The first-order chi connectivity index (χ1) is 9.59. The Bertz CT molecular complexity index is 558. The van der Waals surface area contributed by atoms with Crippen molar-refractivity contribution >= 4 is 28.9 Å². The zero-order valence-electron chi connectivity index (χ0n) is 10.7. The molecular weight excluding hydrogens is 282 g/mol. The van der Waals surface area contributed by atoms with Crippen LogP contribution in [0.15, 0.2) is 18.2 Å². The fraction of sp³-hybridized carbons (Fsp3) is 0.429. The van der Waals surface area contributed by atoms with Gasteiger partial charge in [0.1, 0.15) is 17.3 Å². The van der Waals surface area contributed by atoms with E-state index < -0.39 is 11.6 Å². The second kappa shape index (κ2) is 5.09. The Morgan fingerprint density at radius 3 is 2.55 bits per heavy atom. The number of benzene rings is 1. The molecule has 0 bridgehead atoms. The number of rotatable bonds is 1. The highest BCUT2D eigenvalue weighted by atomic mass is 32.1. The molecule has 2 atom stereocenters. The molecule has 0 aromatic heterocycles. The van der Waals surface area contributed by atoms with E-state index in [1.807, 2.05) is 0 Å². The van der Waals surface area contributed by atoms with E-state index in [1.54, 1.807) is 0 Å². The van der Waals surface area contributed by atoms with Crippen molar-refractivity contribution in [1.82, 2.24) is 5.32 Å². The highest BCUT2D eigenvalue weighted by Gasteiger charge is 2.42. The van der Waals surface area contributed by atoms with Gasteiger partial charge in [-0.3, -0.25) is 9.69 Å². The summed E-state index contributed by atoms with van der Waals surface area (Å²) in [6, 6.07) is 3.51. The number of halogens is 2. The summed E-state index contributed by atoms with van der Waals surface area (Å²) in [4.78, 5) is 13.5. The molecule has 6 heteroatoms. The molecule has 3 nitrogen and oxygen atoms in total. The van der Waals surface area contributed by atoms with Gasteiger partial charge in [-0.2, -0.15) is 0 Å². The van der Waals surface area contributed by atoms with Gasteiger partial charge in [-0.05, 0) is 37.2 Å². The van der Waals surface area contributed by atoms with Gasteiger partial charge in [-0.1, -0.05) is 18.9 Å². The number of nitrogens with one attached hydrogen (secondary N) is 1. The average molecular weight is 296 g/mol. The summed E-state index contributed by atoms with van der Waals surface area (Å²) in [7, 11) is 0. The molecule has 3 rings (SSSR count). The van der Waals surface area contributed by atoms with Crippen molar-refractivity contribution in [2.24, 2.45) is 5.92 Å². The molecular formula is C14H14F2N2OS. The van der Waals surface area contributed by atoms with Crippen LogP contribution in [0.25, 0.3) is 0 Å². The van der Waals surface area contributed by atoms with Crippen LogP contribution >= 0.6 is 12.2 Å². The van der Waals surface area contributed by atoms with Gasteiger partial charge in [0, 0.05) is 6.04 Å². The van der Waals surface area contributed by atoms with Crippen LogP contribution in [0.2, 0.25) is 0 Å². The fourth-order valence-electron chi connectivity index (χ4n) is 3.00. The minimum Gasteiger partial charge on any atom is -0.358 e. The third-order valence-corrected chi connectivity index (χ3v) is 4.28. The van der Waals surface area contributed by atoms with E-state index in [4.69, 9.17) is 12.2 Å². The minimum atomic E-state index is -0.781. The van der Waals surface area contributed by atoms with Crippen LogP contribution in [-0.2, 0) is 4.79 Å². The van der Waals surface area contributed by atoms with Crippen LogP contribution < -0.4 is 10.2 Å². The van der Waals surface area contributed by atoms with Crippen molar-refractivity contribution in [2.45, 2.75) is 31.7 Å². The van der Waals surface area contributed by atoms with E-state index in [1.165, 1.54) is 6.07 Å². The Balaban J connectivity index is 2.00. The second-order valence-corrected chi connectivity index (χ2v) is 5.58. The monoisotopic (exact) mass is 296 g/mol. The predicted molar refractivity (Wildman–Crippen MR) is 75.3 cm³/mol. The summed E-state index contributed by atoms with van der Waals surface area (Å²) in [6.45, 7) is 0. The Labute approximate surface area is 121 Å². The van der Waals surface area contributed by atoms with Gasteiger partial charge >= 0.3 is 0 Å². The third-order valence-electron chi connectivity index (χ3n) is 3.98. The van der Waals surface area contributed by atoms with Gasteiger partial charge in [-0.25, -0.2) is 8.78 Å². The zero-order valence-corrected chi connectivity index (χ0v) is 11.6. The highest BCUT2D eigenvalue weighted by molar-refractivity contribution is 7.80. The van der Waals surface area contributed by atoms with Crippen LogP contribution in [-0.4, -0.2) is 17.1 Å². The average Bonchev–Trinajstić information content (AvgIpc) is 2.42. The van der Waals surface area contributed by atoms with Crippen LogP contribution in [0.1, 0.15) is 25.7 Å². The van der Waals surface area contributed by atoms with Crippen LogP contribution in [0, 0.1) is 17.6 Å². The van der Waals surface area contributed by atoms with Gasteiger partial charge in [0.15, 0.2) is 5.11 Å². The number of anilines is 1. The number of carbonyl (C=O) groups excluding carboxylic acids is 1. The number of hydrogen-bond acceptors (Lipinski definition) is 2. The normalized spacial score (nSPS) is 26.2. The molecule has 1 amide bonds. The maximum absolute atomic E-state index is 13.9. The number of amides is 1. The summed E-state index contributed by atoms with van der Waals surface area (Å²) in [5.74, 6) is -2.12. The summed E-state index contributed by atoms with van der Waals surface area (Å²) in [6.07, 6.45) is 3.59.